The van der Waals surface area contributed by atoms with Crippen LogP contribution in [-0.4, -0.2) is 36.1 Å². The molecule has 2 aromatic rings. The zero-order valence-corrected chi connectivity index (χ0v) is 16.3. The first-order chi connectivity index (χ1) is 13.6. The van der Waals surface area contributed by atoms with Crippen LogP contribution in [0.15, 0.2) is 42.5 Å². The number of nitrogens with one attached hydrogen (secondary N) is 2. The lowest BCUT2D eigenvalue weighted by atomic mass is 9.83. The standard InChI is InChI=1S/C23H30N2O3/c26-21-10-4-3-7-18(21)9-5-14-24-22(27)13-15-25-23(28)20-12-11-17-6-1-2-8-19(17)16-20/h1-2,6,8,11-12,16,18,21,26H,3-5,7,9-10,13-15H2,(H,24,27)(H,25,28)/t18-,21-/m1/s1. The fourth-order valence-corrected chi connectivity index (χ4v) is 3.93. The second-order valence-electron chi connectivity index (χ2n) is 7.67. The molecule has 0 spiro atoms. The molecule has 2 aromatic carbocycles. The van der Waals surface area contributed by atoms with Gasteiger partial charge in [0.2, 0.25) is 5.91 Å². The Bertz CT molecular complexity index is 805. The van der Waals surface area contributed by atoms with E-state index in [2.05, 4.69) is 10.6 Å². The highest BCUT2D eigenvalue weighted by Gasteiger charge is 2.22. The first-order valence-corrected chi connectivity index (χ1v) is 10.4. The molecule has 0 saturated heterocycles. The lowest BCUT2D eigenvalue weighted by Gasteiger charge is -2.27. The lowest BCUT2D eigenvalue weighted by molar-refractivity contribution is -0.120. The molecule has 2 atom stereocenters. The van der Waals surface area contributed by atoms with Crippen LogP contribution < -0.4 is 10.6 Å². The third-order valence-electron chi connectivity index (χ3n) is 5.59. The zero-order valence-electron chi connectivity index (χ0n) is 16.3. The van der Waals surface area contributed by atoms with Crippen molar-refractivity contribution in [2.45, 2.75) is 51.0 Å². The Morgan fingerprint density at radius 1 is 0.964 bits per heavy atom. The van der Waals surface area contributed by atoms with E-state index in [1.807, 2.05) is 36.4 Å². The van der Waals surface area contributed by atoms with Gasteiger partial charge in [-0.2, -0.15) is 0 Å². The molecule has 3 rings (SSSR count). The van der Waals surface area contributed by atoms with E-state index in [1.165, 1.54) is 6.42 Å². The van der Waals surface area contributed by atoms with Gasteiger partial charge >= 0.3 is 0 Å². The van der Waals surface area contributed by atoms with E-state index >= 15 is 0 Å². The Morgan fingerprint density at radius 2 is 1.75 bits per heavy atom. The molecule has 1 saturated carbocycles. The van der Waals surface area contributed by atoms with Gasteiger partial charge in [0, 0.05) is 25.1 Å². The number of carbonyl (C=O) groups excluding carboxylic acids is 2. The van der Waals surface area contributed by atoms with Crippen LogP contribution in [0.1, 0.15) is 55.3 Å². The van der Waals surface area contributed by atoms with Crippen LogP contribution in [-0.2, 0) is 4.79 Å². The second kappa shape index (κ2) is 10.2. The number of hydrogen-bond acceptors (Lipinski definition) is 3. The zero-order chi connectivity index (χ0) is 19.8. The molecule has 3 N–H and O–H groups in total. The number of rotatable bonds is 8. The molecule has 0 unspecified atom stereocenters. The largest absolute Gasteiger partial charge is 0.393 e. The van der Waals surface area contributed by atoms with E-state index in [1.54, 1.807) is 6.07 Å². The van der Waals surface area contributed by atoms with Crippen molar-refractivity contribution in [1.29, 1.82) is 0 Å². The van der Waals surface area contributed by atoms with Gasteiger partial charge in [-0.1, -0.05) is 43.2 Å². The highest BCUT2D eigenvalue weighted by atomic mass is 16.3. The van der Waals surface area contributed by atoms with Gasteiger partial charge in [-0.15, -0.1) is 0 Å². The number of carbonyl (C=O) groups is 2. The van der Waals surface area contributed by atoms with E-state index in [0.717, 1.165) is 42.9 Å². The number of hydrogen-bond donors (Lipinski definition) is 3. The second-order valence-corrected chi connectivity index (χ2v) is 7.67. The van der Waals surface area contributed by atoms with E-state index < -0.39 is 0 Å². The summed E-state index contributed by atoms with van der Waals surface area (Å²) in [6.07, 6.45) is 6.27. The minimum Gasteiger partial charge on any atom is -0.393 e. The molecule has 28 heavy (non-hydrogen) atoms. The normalized spacial score (nSPS) is 19.3. The summed E-state index contributed by atoms with van der Waals surface area (Å²) in [6.45, 7) is 0.944. The Morgan fingerprint density at radius 3 is 2.57 bits per heavy atom. The molecular weight excluding hydrogens is 352 g/mol. The van der Waals surface area contributed by atoms with Crippen molar-refractivity contribution in [2.75, 3.05) is 13.1 Å². The topological polar surface area (TPSA) is 78.4 Å². The monoisotopic (exact) mass is 382 g/mol. The van der Waals surface area contributed by atoms with Gasteiger partial charge in [0.15, 0.2) is 0 Å². The molecule has 0 heterocycles. The molecule has 150 valence electrons. The molecule has 1 fully saturated rings. The smallest absolute Gasteiger partial charge is 0.251 e. The Kier molecular flexibility index (Phi) is 7.43. The minimum absolute atomic E-state index is 0.0528. The summed E-state index contributed by atoms with van der Waals surface area (Å²) in [5.41, 5.74) is 0.602. The van der Waals surface area contributed by atoms with Gasteiger partial charge in [0.1, 0.15) is 0 Å². The predicted molar refractivity (Wildman–Crippen MR) is 111 cm³/mol. The van der Waals surface area contributed by atoms with Crippen LogP contribution in [0.5, 0.6) is 0 Å². The molecule has 5 heteroatoms. The van der Waals surface area contributed by atoms with Crippen LogP contribution in [0, 0.1) is 5.92 Å². The molecule has 1 aliphatic rings. The summed E-state index contributed by atoms with van der Waals surface area (Å²) >= 11 is 0. The van der Waals surface area contributed by atoms with Crippen molar-refractivity contribution in [3.63, 3.8) is 0 Å². The van der Waals surface area contributed by atoms with Crippen LogP contribution in [0.3, 0.4) is 0 Å². The summed E-state index contributed by atoms with van der Waals surface area (Å²) < 4.78 is 0. The maximum absolute atomic E-state index is 12.3. The fraction of sp³-hybridized carbons (Fsp3) is 0.478. The molecule has 0 aliphatic heterocycles. The van der Waals surface area contributed by atoms with Crippen molar-refractivity contribution in [3.8, 4) is 0 Å². The van der Waals surface area contributed by atoms with Crippen molar-refractivity contribution in [2.24, 2.45) is 5.92 Å². The molecule has 0 radical (unpaired) electrons. The van der Waals surface area contributed by atoms with E-state index in [9.17, 15) is 14.7 Å². The highest BCUT2D eigenvalue weighted by Crippen LogP contribution is 2.27. The van der Waals surface area contributed by atoms with Gasteiger partial charge < -0.3 is 15.7 Å². The van der Waals surface area contributed by atoms with Crippen molar-refractivity contribution in [1.82, 2.24) is 10.6 Å². The molecule has 5 nitrogen and oxygen atoms in total. The number of aliphatic hydroxyl groups is 1. The van der Waals surface area contributed by atoms with Crippen molar-refractivity contribution < 1.29 is 14.7 Å². The third-order valence-corrected chi connectivity index (χ3v) is 5.59. The molecule has 1 aliphatic carbocycles. The highest BCUT2D eigenvalue weighted by molar-refractivity contribution is 5.98. The average molecular weight is 383 g/mol. The number of amides is 2. The number of fused-ring (bicyclic) bond motifs is 1. The summed E-state index contributed by atoms with van der Waals surface area (Å²) in [6, 6.07) is 13.5. The predicted octanol–water partition coefficient (Wildman–Crippen LogP) is 3.41. The Labute approximate surface area is 166 Å². The van der Waals surface area contributed by atoms with Crippen molar-refractivity contribution in [3.05, 3.63) is 48.0 Å². The summed E-state index contributed by atoms with van der Waals surface area (Å²) in [5.74, 6) is 0.166. The van der Waals surface area contributed by atoms with Crippen LogP contribution in [0.25, 0.3) is 10.8 Å². The maximum atomic E-state index is 12.3. The van der Waals surface area contributed by atoms with Gasteiger partial charge in [0.25, 0.3) is 5.91 Å². The van der Waals surface area contributed by atoms with Gasteiger partial charge in [-0.05, 0) is 54.5 Å². The molecular formula is C23H30N2O3. The van der Waals surface area contributed by atoms with E-state index in [4.69, 9.17) is 0 Å². The van der Waals surface area contributed by atoms with Gasteiger partial charge in [-0.3, -0.25) is 9.59 Å². The molecule has 2 amide bonds. The number of benzene rings is 2. The van der Waals surface area contributed by atoms with Gasteiger partial charge in [-0.25, -0.2) is 0 Å². The first kappa shape index (κ1) is 20.3. The average Bonchev–Trinajstić information content (AvgIpc) is 2.72. The minimum atomic E-state index is -0.172. The quantitative estimate of drug-likeness (QED) is 0.612. The first-order valence-electron chi connectivity index (χ1n) is 10.4. The van der Waals surface area contributed by atoms with Gasteiger partial charge in [0.05, 0.1) is 6.10 Å². The van der Waals surface area contributed by atoms with Crippen LogP contribution in [0.4, 0.5) is 0 Å². The lowest BCUT2D eigenvalue weighted by Crippen LogP contribution is -2.31. The Balaban J connectivity index is 1.32. The van der Waals surface area contributed by atoms with Crippen LogP contribution >= 0.6 is 0 Å². The summed E-state index contributed by atoms with van der Waals surface area (Å²) in [5, 5.41) is 17.8. The van der Waals surface area contributed by atoms with Crippen molar-refractivity contribution >= 4 is 22.6 Å². The fourth-order valence-electron chi connectivity index (χ4n) is 3.93. The molecule has 0 aromatic heterocycles. The van der Waals surface area contributed by atoms with E-state index in [0.29, 0.717) is 24.6 Å². The summed E-state index contributed by atoms with van der Waals surface area (Å²) in [4.78, 5) is 24.2. The maximum Gasteiger partial charge on any atom is 0.251 e. The molecule has 0 bridgehead atoms. The SMILES string of the molecule is O=C(CCNC(=O)c1ccc2ccccc2c1)NCCC[C@H]1CCCC[C@H]1O. The Hall–Kier alpha value is -2.40. The number of aliphatic hydroxyl groups excluding tert-OH is 1. The summed E-state index contributed by atoms with van der Waals surface area (Å²) in [7, 11) is 0. The van der Waals surface area contributed by atoms with E-state index in [-0.39, 0.29) is 24.3 Å². The third kappa shape index (κ3) is 5.80. The van der Waals surface area contributed by atoms with Crippen LogP contribution in [0.2, 0.25) is 0 Å².